The van der Waals surface area contributed by atoms with Gasteiger partial charge in [0.15, 0.2) is 0 Å². The summed E-state index contributed by atoms with van der Waals surface area (Å²) < 4.78 is 5.09. The maximum atomic E-state index is 12.0. The second-order valence-electron chi connectivity index (χ2n) is 4.72. The fourth-order valence-corrected chi connectivity index (χ4v) is 1.94. The molecule has 0 spiro atoms. The lowest BCUT2D eigenvalue weighted by Crippen LogP contribution is -2.31. The molecule has 0 heterocycles. The van der Waals surface area contributed by atoms with Crippen molar-refractivity contribution in [3.8, 4) is 5.75 Å². The monoisotopic (exact) mass is 275 g/mol. The number of ether oxygens (including phenoxy) is 1. The molecule has 1 fully saturated rings. The first-order valence-electron chi connectivity index (χ1n) is 6.44. The van der Waals surface area contributed by atoms with E-state index in [-0.39, 0.29) is 11.9 Å². The van der Waals surface area contributed by atoms with E-state index in [1.807, 2.05) is 24.3 Å². The Morgan fingerprint density at radius 2 is 1.95 bits per heavy atom. The zero-order valence-corrected chi connectivity index (χ0v) is 11.3. The van der Waals surface area contributed by atoms with Gasteiger partial charge in [0.05, 0.1) is 7.11 Å². The van der Waals surface area contributed by atoms with Crippen LogP contribution in [0.5, 0.6) is 5.75 Å². The van der Waals surface area contributed by atoms with E-state index in [4.69, 9.17) is 9.84 Å². The summed E-state index contributed by atoms with van der Waals surface area (Å²) in [6.45, 7) is 0.484. The number of hydrogen-bond donors (Lipinski definition) is 1. The van der Waals surface area contributed by atoms with E-state index in [0.717, 1.165) is 36.3 Å². The van der Waals surface area contributed by atoms with Crippen LogP contribution in [-0.2, 0) is 16.1 Å². The van der Waals surface area contributed by atoms with E-state index < -0.39 is 5.97 Å². The highest BCUT2D eigenvalue weighted by atomic mass is 16.5. The Kier molecular flexibility index (Phi) is 4.40. The van der Waals surface area contributed by atoms with E-state index in [9.17, 15) is 9.59 Å². The average Bonchev–Trinajstić information content (AvgIpc) is 3.27. The first-order valence-corrected chi connectivity index (χ1v) is 6.44. The van der Waals surface area contributed by atoms with Gasteiger partial charge in [0, 0.05) is 24.7 Å². The van der Waals surface area contributed by atoms with E-state index in [1.165, 1.54) is 0 Å². The number of carboxylic acids is 1. The number of benzene rings is 1. The highest BCUT2D eigenvalue weighted by Crippen LogP contribution is 2.29. The van der Waals surface area contributed by atoms with Crippen molar-refractivity contribution in [1.29, 1.82) is 0 Å². The molecule has 0 unspecified atom stereocenters. The van der Waals surface area contributed by atoms with Crippen LogP contribution in [0.15, 0.2) is 36.4 Å². The minimum atomic E-state index is -1.11. The summed E-state index contributed by atoms with van der Waals surface area (Å²) in [6, 6.07) is 7.73. The van der Waals surface area contributed by atoms with Crippen molar-refractivity contribution in [3.63, 3.8) is 0 Å². The van der Waals surface area contributed by atoms with Crippen molar-refractivity contribution in [2.24, 2.45) is 0 Å². The second kappa shape index (κ2) is 6.23. The molecule has 0 bridgehead atoms. The number of hydrogen-bond acceptors (Lipinski definition) is 3. The predicted octanol–water partition coefficient (Wildman–Crippen LogP) is 1.83. The molecular formula is C15H17NO4. The molecule has 106 valence electrons. The number of rotatable bonds is 6. The van der Waals surface area contributed by atoms with E-state index in [0.29, 0.717) is 6.54 Å². The number of carbonyl (C=O) groups excluding carboxylic acids is 1. The van der Waals surface area contributed by atoms with Crippen LogP contribution >= 0.6 is 0 Å². The van der Waals surface area contributed by atoms with Crippen molar-refractivity contribution in [3.05, 3.63) is 42.0 Å². The van der Waals surface area contributed by atoms with Gasteiger partial charge in [-0.05, 0) is 30.5 Å². The van der Waals surface area contributed by atoms with Gasteiger partial charge in [-0.3, -0.25) is 4.79 Å². The molecule has 1 aliphatic carbocycles. The van der Waals surface area contributed by atoms with Crippen molar-refractivity contribution in [2.45, 2.75) is 25.4 Å². The normalized spacial score (nSPS) is 14.2. The largest absolute Gasteiger partial charge is 0.497 e. The average molecular weight is 275 g/mol. The van der Waals surface area contributed by atoms with Crippen LogP contribution in [0.25, 0.3) is 0 Å². The van der Waals surface area contributed by atoms with Crippen molar-refractivity contribution in [2.75, 3.05) is 7.11 Å². The zero-order valence-electron chi connectivity index (χ0n) is 11.3. The van der Waals surface area contributed by atoms with Crippen molar-refractivity contribution >= 4 is 11.9 Å². The van der Waals surface area contributed by atoms with E-state index >= 15 is 0 Å². The number of aliphatic carboxylic acids is 1. The molecule has 1 aromatic carbocycles. The standard InChI is InChI=1S/C15H17NO4/c1-20-13-6-2-11(3-7-13)10-16(12-4-5-12)14(17)8-9-15(18)19/h2-3,6-9,12H,4-5,10H2,1H3,(H,18,19)/b9-8+. The number of amides is 1. The maximum absolute atomic E-state index is 12.0. The van der Waals surface area contributed by atoms with Crippen LogP contribution < -0.4 is 4.74 Å². The van der Waals surface area contributed by atoms with Gasteiger partial charge in [-0.25, -0.2) is 4.79 Å². The summed E-state index contributed by atoms with van der Waals surface area (Å²) in [7, 11) is 1.60. The Morgan fingerprint density at radius 1 is 1.30 bits per heavy atom. The third-order valence-electron chi connectivity index (χ3n) is 3.15. The molecule has 1 amide bonds. The van der Waals surface area contributed by atoms with E-state index in [2.05, 4.69) is 0 Å². The molecule has 1 aromatic rings. The SMILES string of the molecule is COc1ccc(CN(C(=O)/C=C/C(=O)O)C2CC2)cc1. The Hall–Kier alpha value is -2.30. The smallest absolute Gasteiger partial charge is 0.328 e. The van der Waals surface area contributed by atoms with Gasteiger partial charge in [0.1, 0.15) is 5.75 Å². The quantitative estimate of drug-likeness (QED) is 0.804. The predicted molar refractivity (Wildman–Crippen MR) is 73.3 cm³/mol. The molecule has 5 heteroatoms. The maximum Gasteiger partial charge on any atom is 0.328 e. The van der Waals surface area contributed by atoms with Gasteiger partial charge < -0.3 is 14.7 Å². The Balaban J connectivity index is 2.05. The second-order valence-corrected chi connectivity index (χ2v) is 4.72. The van der Waals surface area contributed by atoms with Crippen LogP contribution in [-0.4, -0.2) is 35.0 Å². The van der Waals surface area contributed by atoms with Crippen LogP contribution in [0.3, 0.4) is 0 Å². The van der Waals surface area contributed by atoms with Gasteiger partial charge in [-0.1, -0.05) is 12.1 Å². The topological polar surface area (TPSA) is 66.8 Å². The number of methoxy groups -OCH3 is 1. The molecule has 0 saturated heterocycles. The molecule has 0 atom stereocenters. The fraction of sp³-hybridized carbons (Fsp3) is 0.333. The first-order chi connectivity index (χ1) is 9.60. The minimum Gasteiger partial charge on any atom is -0.497 e. The Bertz CT molecular complexity index is 517. The molecule has 0 aliphatic heterocycles. The first kappa shape index (κ1) is 14.1. The Labute approximate surface area is 117 Å². The fourth-order valence-electron chi connectivity index (χ4n) is 1.94. The van der Waals surface area contributed by atoms with Gasteiger partial charge in [0.2, 0.25) is 5.91 Å². The van der Waals surface area contributed by atoms with Crippen LogP contribution in [0.2, 0.25) is 0 Å². The van der Waals surface area contributed by atoms with Gasteiger partial charge in [0.25, 0.3) is 0 Å². The highest BCUT2D eigenvalue weighted by molar-refractivity contribution is 5.94. The molecule has 1 N–H and O–H groups in total. The summed E-state index contributed by atoms with van der Waals surface area (Å²) >= 11 is 0. The number of carbonyl (C=O) groups is 2. The lowest BCUT2D eigenvalue weighted by Gasteiger charge is -2.21. The third-order valence-corrected chi connectivity index (χ3v) is 3.15. The van der Waals surface area contributed by atoms with Crippen LogP contribution in [0, 0.1) is 0 Å². The molecule has 0 aromatic heterocycles. The highest BCUT2D eigenvalue weighted by Gasteiger charge is 2.31. The zero-order chi connectivity index (χ0) is 14.5. The molecular weight excluding hydrogens is 258 g/mol. The van der Waals surface area contributed by atoms with Crippen LogP contribution in [0.1, 0.15) is 18.4 Å². The van der Waals surface area contributed by atoms with Gasteiger partial charge >= 0.3 is 5.97 Å². The summed E-state index contributed by atoms with van der Waals surface area (Å²) in [4.78, 5) is 24.2. The number of nitrogens with zero attached hydrogens (tertiary/aromatic N) is 1. The minimum absolute atomic E-state index is 0.225. The van der Waals surface area contributed by atoms with Crippen molar-refractivity contribution < 1.29 is 19.4 Å². The summed E-state index contributed by atoms with van der Waals surface area (Å²) in [5, 5.41) is 8.57. The lowest BCUT2D eigenvalue weighted by atomic mass is 10.2. The summed E-state index contributed by atoms with van der Waals surface area (Å²) in [6.07, 6.45) is 3.95. The molecule has 20 heavy (non-hydrogen) atoms. The van der Waals surface area contributed by atoms with Gasteiger partial charge in [-0.2, -0.15) is 0 Å². The summed E-state index contributed by atoms with van der Waals surface area (Å²) in [5.74, 6) is -0.604. The van der Waals surface area contributed by atoms with E-state index in [1.54, 1.807) is 12.0 Å². The third kappa shape index (κ3) is 3.85. The Morgan fingerprint density at radius 3 is 2.45 bits per heavy atom. The molecule has 1 aliphatic rings. The van der Waals surface area contributed by atoms with Gasteiger partial charge in [-0.15, -0.1) is 0 Å². The van der Waals surface area contributed by atoms with Crippen LogP contribution in [0.4, 0.5) is 0 Å². The molecule has 1 saturated carbocycles. The number of carboxylic acid groups (broad SMARTS) is 1. The molecule has 5 nitrogen and oxygen atoms in total. The lowest BCUT2D eigenvalue weighted by molar-refractivity contribution is -0.132. The van der Waals surface area contributed by atoms with Crippen molar-refractivity contribution in [1.82, 2.24) is 4.90 Å². The molecule has 0 radical (unpaired) electrons. The molecule has 2 rings (SSSR count). The summed E-state index contributed by atoms with van der Waals surface area (Å²) in [5.41, 5.74) is 0.995.